The van der Waals surface area contributed by atoms with Crippen LogP contribution in [0.15, 0.2) is 0 Å². The predicted molar refractivity (Wildman–Crippen MR) is 69.9 cm³/mol. The molecule has 17 heteroatoms. The third-order valence-corrected chi connectivity index (χ3v) is 2.51. The molecule has 0 fully saturated rings. The fourth-order valence-corrected chi connectivity index (χ4v) is 1.37. The zero-order valence-electron chi connectivity index (χ0n) is 14.4. The number of rotatable bonds is 10. The van der Waals surface area contributed by atoms with Crippen LogP contribution in [-0.4, -0.2) is 118 Å². The van der Waals surface area contributed by atoms with E-state index in [1.54, 1.807) is 0 Å². The van der Waals surface area contributed by atoms with Gasteiger partial charge in [-0.3, -0.25) is 0 Å². The van der Waals surface area contributed by atoms with Gasteiger partial charge in [-0.25, -0.2) is 0 Å². The fraction of sp³-hybridized carbons (Fsp3) is 0.500. The van der Waals surface area contributed by atoms with Gasteiger partial charge in [0.25, 0.3) is 0 Å². The van der Waals surface area contributed by atoms with Crippen LogP contribution in [0.25, 0.3) is 0 Å². The minimum absolute atomic E-state index is 0. The number of aliphatic hydroxyl groups is 2. The number of carbonyl (C=O) groups excluding carboxylic acids is 6. The summed E-state index contributed by atoms with van der Waals surface area (Å²) in [4.78, 5) is 60.0. The molecule has 0 heterocycles. The molecule has 0 aliphatic rings. The normalized spacial score (nSPS) is 9.72. The van der Waals surface area contributed by atoms with Crippen LogP contribution in [0, 0.1) is 0 Å². The first-order valence-corrected chi connectivity index (χ1v) is 6.23. The topological polar surface area (TPSA) is 281 Å². The zero-order chi connectivity index (χ0) is 21.3. The van der Waals surface area contributed by atoms with Crippen molar-refractivity contribution in [2.75, 3.05) is 0 Å². The van der Waals surface area contributed by atoms with Crippen LogP contribution in [0.1, 0.15) is 25.7 Å². The maximum Gasteiger partial charge on any atom is 2.00 e. The maximum atomic E-state index is 10.1. The van der Waals surface area contributed by atoms with E-state index in [0.717, 1.165) is 0 Å². The average Bonchev–Trinajstić information content (AvgIpc) is 2.34. The summed E-state index contributed by atoms with van der Waals surface area (Å²) in [5, 5.41) is 77.9. The average molecular weight is 498 g/mol. The van der Waals surface area contributed by atoms with Crippen LogP contribution >= 0.6 is 0 Å². The van der Waals surface area contributed by atoms with Crippen molar-refractivity contribution in [3.05, 3.63) is 0 Å². The minimum Gasteiger partial charge on any atom is -0.550 e. The van der Waals surface area contributed by atoms with Crippen molar-refractivity contribution in [3.63, 3.8) is 0 Å². The van der Waals surface area contributed by atoms with E-state index < -0.39 is 72.7 Å². The largest absolute Gasteiger partial charge is 2.00 e. The van der Waals surface area contributed by atoms with E-state index in [0.29, 0.717) is 0 Å². The summed E-state index contributed by atoms with van der Waals surface area (Å²) in [6, 6.07) is 0. The van der Waals surface area contributed by atoms with Gasteiger partial charge in [0.15, 0.2) is 0 Å². The predicted octanol–water partition coefficient (Wildman–Crippen LogP) is -11.3. The number of aliphatic carboxylic acids is 6. The molecule has 0 spiro atoms. The Morgan fingerprint density at radius 2 is 0.690 bits per heavy atom. The Morgan fingerprint density at radius 3 is 0.759 bits per heavy atom. The molecule has 0 bridgehead atoms. The molecule has 2 N–H and O–H groups in total. The van der Waals surface area contributed by atoms with Crippen molar-refractivity contribution in [2.45, 2.75) is 36.9 Å². The summed E-state index contributed by atoms with van der Waals surface area (Å²) >= 11 is 0. The van der Waals surface area contributed by atoms with Gasteiger partial charge in [0.05, 0.1) is 11.9 Å². The monoisotopic (exact) mass is 498 g/mol. The first-order valence-electron chi connectivity index (χ1n) is 6.23. The maximum absolute atomic E-state index is 10.1. The van der Waals surface area contributed by atoms with E-state index in [1.807, 2.05) is 0 Å². The standard InChI is InChI=1S/2C6H8O7.Ca.Fe.Mg/c2*7-3(8)1-6(13,5(11)12)2-4(9)10;;;/h2*13H,1-2H2,(H,7,8)(H,9,10)(H,11,12);;;/q;;3*+2/p-6. The van der Waals surface area contributed by atoms with Crippen molar-refractivity contribution in [3.8, 4) is 0 Å². The first kappa shape index (κ1) is 38.8. The van der Waals surface area contributed by atoms with Crippen LogP contribution in [0.2, 0.25) is 0 Å². The molecule has 0 saturated heterocycles. The number of carboxylic acid groups (broad SMARTS) is 6. The molecule has 0 atom stereocenters. The van der Waals surface area contributed by atoms with Crippen molar-refractivity contribution >= 4 is 96.6 Å². The Bertz CT molecular complexity index is 525. The van der Waals surface area contributed by atoms with Crippen molar-refractivity contribution in [1.29, 1.82) is 0 Å². The molecule has 0 rings (SSSR count). The summed E-state index contributed by atoms with van der Waals surface area (Å²) in [5.74, 6) is -12.0. The Balaban J connectivity index is -0.000000120. The van der Waals surface area contributed by atoms with Crippen LogP contribution in [0.4, 0.5) is 0 Å². The Hall–Kier alpha value is -0.715. The SMILES string of the molecule is O=C([O-])CC(O)(CC(=O)[O-])C(=O)[O-].O=C([O-])CC(O)(CC(=O)[O-])C(=O)[O-].[Ca+2].[Fe+2].[Mg+2]. The van der Waals surface area contributed by atoms with Gasteiger partial charge < -0.3 is 69.6 Å². The Morgan fingerprint density at radius 1 is 0.552 bits per heavy atom. The van der Waals surface area contributed by atoms with Crippen molar-refractivity contribution < 1.29 is 86.7 Å². The number of carbonyl (C=O) groups is 6. The quantitative estimate of drug-likeness (QED) is 0.264. The van der Waals surface area contributed by atoms with Crippen molar-refractivity contribution in [2.24, 2.45) is 0 Å². The van der Waals surface area contributed by atoms with Crippen LogP contribution < -0.4 is 30.6 Å². The van der Waals surface area contributed by atoms with Crippen molar-refractivity contribution in [1.82, 2.24) is 0 Å². The Labute approximate surface area is 218 Å². The second-order valence-corrected chi connectivity index (χ2v) is 4.83. The van der Waals surface area contributed by atoms with Gasteiger partial charge in [-0.2, -0.15) is 0 Å². The van der Waals surface area contributed by atoms with E-state index >= 15 is 0 Å². The second kappa shape index (κ2) is 17.0. The molecule has 0 aromatic carbocycles. The molecule has 29 heavy (non-hydrogen) atoms. The van der Waals surface area contributed by atoms with E-state index in [1.165, 1.54) is 0 Å². The molecular weight excluding hydrogens is 488 g/mol. The zero-order valence-corrected chi connectivity index (χ0v) is 19.1. The van der Waals surface area contributed by atoms with Crippen LogP contribution in [0.5, 0.6) is 0 Å². The summed E-state index contributed by atoms with van der Waals surface area (Å²) < 4.78 is 0. The van der Waals surface area contributed by atoms with Gasteiger partial charge >= 0.3 is 77.9 Å². The summed E-state index contributed by atoms with van der Waals surface area (Å²) in [6.07, 6.45) is -5.43. The molecule has 0 aliphatic heterocycles. The summed E-state index contributed by atoms with van der Waals surface area (Å²) in [7, 11) is 0. The van der Waals surface area contributed by atoms with Gasteiger partial charge in [0, 0.05) is 49.6 Å². The van der Waals surface area contributed by atoms with Crippen LogP contribution in [0.3, 0.4) is 0 Å². The van der Waals surface area contributed by atoms with E-state index in [9.17, 15) is 59.4 Å². The summed E-state index contributed by atoms with van der Waals surface area (Å²) in [6.45, 7) is 0. The second-order valence-electron chi connectivity index (χ2n) is 4.83. The van der Waals surface area contributed by atoms with E-state index in [4.69, 9.17) is 10.2 Å². The van der Waals surface area contributed by atoms with Crippen LogP contribution in [-0.2, 0) is 45.8 Å². The number of carboxylic acids is 6. The molecule has 0 saturated carbocycles. The molecule has 0 aliphatic carbocycles. The smallest absolute Gasteiger partial charge is 0.550 e. The van der Waals surface area contributed by atoms with Gasteiger partial charge in [-0.1, -0.05) is 0 Å². The molecule has 154 valence electrons. The van der Waals surface area contributed by atoms with E-state index in [-0.39, 0.29) is 77.9 Å². The Kier molecular flexibility index (Phi) is 22.8. The molecule has 0 aromatic heterocycles. The fourth-order valence-electron chi connectivity index (χ4n) is 1.37. The first-order chi connectivity index (χ1) is 11.6. The molecule has 0 aromatic rings. The van der Waals surface area contributed by atoms with Gasteiger partial charge in [-0.05, 0) is 0 Å². The molecule has 0 radical (unpaired) electrons. The number of hydrogen-bond acceptors (Lipinski definition) is 14. The molecule has 14 nitrogen and oxygen atoms in total. The molecular formula is C12H10CaFeMgO14. The summed E-state index contributed by atoms with van der Waals surface area (Å²) in [5.41, 5.74) is -5.95. The van der Waals surface area contributed by atoms with E-state index in [2.05, 4.69) is 0 Å². The van der Waals surface area contributed by atoms with Gasteiger partial charge in [-0.15, -0.1) is 0 Å². The van der Waals surface area contributed by atoms with Gasteiger partial charge in [0.2, 0.25) is 0 Å². The third kappa shape index (κ3) is 17.8. The third-order valence-electron chi connectivity index (χ3n) is 2.51. The molecule has 0 amide bonds. The molecule has 0 unspecified atom stereocenters. The minimum atomic E-state index is -2.97. The van der Waals surface area contributed by atoms with Gasteiger partial charge in [0.1, 0.15) is 11.2 Å². The number of hydrogen-bond donors (Lipinski definition) is 2.